The van der Waals surface area contributed by atoms with Crippen molar-refractivity contribution in [1.82, 2.24) is 5.32 Å². The maximum Gasteiger partial charge on any atom is 0.326 e. The number of hydrogen-bond donors (Lipinski definition) is 3. The molecule has 0 aliphatic rings. The van der Waals surface area contributed by atoms with E-state index in [-0.39, 0.29) is 12.3 Å². The van der Waals surface area contributed by atoms with Crippen LogP contribution in [0.3, 0.4) is 0 Å². The Morgan fingerprint density at radius 1 is 1.27 bits per heavy atom. The first kappa shape index (κ1) is 13.9. The van der Waals surface area contributed by atoms with Gasteiger partial charge < -0.3 is 15.5 Å². The second-order valence-electron chi connectivity index (χ2n) is 4.14. The van der Waals surface area contributed by atoms with Gasteiger partial charge in [-0.3, -0.25) is 4.79 Å². The summed E-state index contributed by atoms with van der Waals surface area (Å²) in [5, 5.41) is 20.2. The van der Waals surface area contributed by atoms with Crippen LogP contribution in [0.1, 0.15) is 33.6 Å². The SMILES string of the molecule is CC(C)C[C@H](NC(=O)CC(C)O)C(=O)O. The largest absolute Gasteiger partial charge is 0.480 e. The maximum absolute atomic E-state index is 11.2. The fourth-order valence-electron chi connectivity index (χ4n) is 1.21. The summed E-state index contributed by atoms with van der Waals surface area (Å²) < 4.78 is 0. The predicted molar refractivity (Wildman–Crippen MR) is 55.3 cm³/mol. The number of aliphatic carboxylic acids is 1. The highest BCUT2D eigenvalue weighted by atomic mass is 16.4. The molecule has 1 unspecified atom stereocenters. The molecule has 0 saturated heterocycles. The number of nitrogens with one attached hydrogen (secondary N) is 1. The summed E-state index contributed by atoms with van der Waals surface area (Å²) in [6.07, 6.45) is -0.429. The summed E-state index contributed by atoms with van der Waals surface area (Å²) in [6.45, 7) is 5.26. The van der Waals surface area contributed by atoms with Gasteiger partial charge in [0.15, 0.2) is 0 Å². The summed E-state index contributed by atoms with van der Waals surface area (Å²) in [7, 11) is 0. The highest BCUT2D eigenvalue weighted by molar-refractivity contribution is 5.83. The van der Waals surface area contributed by atoms with Crippen LogP contribution in [0.5, 0.6) is 0 Å². The molecule has 0 aromatic carbocycles. The van der Waals surface area contributed by atoms with Gasteiger partial charge in [0.2, 0.25) is 5.91 Å². The Balaban J connectivity index is 4.16. The minimum absolute atomic E-state index is 0.0676. The van der Waals surface area contributed by atoms with Crippen LogP contribution < -0.4 is 5.32 Å². The molecule has 0 aliphatic heterocycles. The van der Waals surface area contributed by atoms with Gasteiger partial charge in [0.25, 0.3) is 0 Å². The number of carbonyl (C=O) groups excluding carboxylic acids is 1. The van der Waals surface area contributed by atoms with E-state index in [2.05, 4.69) is 5.32 Å². The third kappa shape index (κ3) is 6.90. The number of carboxylic acids is 1. The number of amides is 1. The van der Waals surface area contributed by atoms with Gasteiger partial charge in [-0.1, -0.05) is 13.8 Å². The van der Waals surface area contributed by atoms with Crippen molar-refractivity contribution in [2.75, 3.05) is 0 Å². The minimum atomic E-state index is -1.04. The van der Waals surface area contributed by atoms with Crippen LogP contribution in [0, 0.1) is 5.92 Å². The van der Waals surface area contributed by atoms with Crippen molar-refractivity contribution < 1.29 is 19.8 Å². The average molecular weight is 217 g/mol. The van der Waals surface area contributed by atoms with Crippen molar-refractivity contribution in [1.29, 1.82) is 0 Å². The van der Waals surface area contributed by atoms with Gasteiger partial charge >= 0.3 is 5.97 Å². The van der Waals surface area contributed by atoms with Gasteiger partial charge in [-0.2, -0.15) is 0 Å². The molecule has 5 nitrogen and oxygen atoms in total. The van der Waals surface area contributed by atoms with Crippen LogP contribution in [-0.4, -0.2) is 34.2 Å². The van der Waals surface area contributed by atoms with Gasteiger partial charge in [-0.15, -0.1) is 0 Å². The van der Waals surface area contributed by atoms with Gasteiger partial charge in [0, 0.05) is 0 Å². The lowest BCUT2D eigenvalue weighted by Gasteiger charge is -2.16. The van der Waals surface area contributed by atoms with Crippen molar-refractivity contribution >= 4 is 11.9 Å². The van der Waals surface area contributed by atoms with E-state index < -0.39 is 24.0 Å². The van der Waals surface area contributed by atoms with E-state index >= 15 is 0 Å². The van der Waals surface area contributed by atoms with Crippen LogP contribution in [0.4, 0.5) is 0 Å². The molecule has 5 heteroatoms. The second kappa shape index (κ2) is 6.40. The van der Waals surface area contributed by atoms with E-state index in [4.69, 9.17) is 10.2 Å². The van der Waals surface area contributed by atoms with E-state index in [0.29, 0.717) is 6.42 Å². The van der Waals surface area contributed by atoms with E-state index in [1.54, 1.807) is 0 Å². The number of carbonyl (C=O) groups is 2. The average Bonchev–Trinajstić information content (AvgIpc) is 1.99. The Labute approximate surface area is 89.5 Å². The minimum Gasteiger partial charge on any atom is -0.480 e. The Hall–Kier alpha value is -1.10. The second-order valence-corrected chi connectivity index (χ2v) is 4.14. The molecule has 15 heavy (non-hydrogen) atoms. The monoisotopic (exact) mass is 217 g/mol. The normalized spacial score (nSPS) is 14.7. The highest BCUT2D eigenvalue weighted by Gasteiger charge is 2.21. The van der Waals surface area contributed by atoms with Crippen molar-refractivity contribution in [2.24, 2.45) is 5.92 Å². The first-order chi connectivity index (χ1) is 6.82. The lowest BCUT2D eigenvalue weighted by atomic mass is 10.0. The van der Waals surface area contributed by atoms with Gasteiger partial charge in [-0.05, 0) is 19.3 Å². The molecule has 88 valence electrons. The Morgan fingerprint density at radius 2 is 1.80 bits per heavy atom. The summed E-state index contributed by atoms with van der Waals surface area (Å²) >= 11 is 0. The fraction of sp³-hybridized carbons (Fsp3) is 0.800. The zero-order valence-electron chi connectivity index (χ0n) is 9.36. The Kier molecular flexibility index (Phi) is 5.93. The lowest BCUT2D eigenvalue weighted by Crippen LogP contribution is -2.42. The van der Waals surface area contributed by atoms with Gasteiger partial charge in [0.1, 0.15) is 6.04 Å². The van der Waals surface area contributed by atoms with E-state index in [1.165, 1.54) is 6.92 Å². The Morgan fingerprint density at radius 3 is 2.13 bits per heavy atom. The number of aliphatic hydroxyl groups is 1. The number of carboxylic acid groups (broad SMARTS) is 1. The zero-order valence-corrected chi connectivity index (χ0v) is 9.36. The lowest BCUT2D eigenvalue weighted by molar-refractivity contribution is -0.142. The van der Waals surface area contributed by atoms with Crippen LogP contribution in [0.2, 0.25) is 0 Å². The molecular weight excluding hydrogens is 198 g/mol. The number of hydrogen-bond acceptors (Lipinski definition) is 3. The summed E-state index contributed by atoms with van der Waals surface area (Å²) in [5.41, 5.74) is 0. The van der Waals surface area contributed by atoms with E-state index in [1.807, 2.05) is 13.8 Å². The summed E-state index contributed by atoms with van der Waals surface area (Å²) in [4.78, 5) is 22.0. The molecule has 0 aromatic rings. The van der Waals surface area contributed by atoms with Crippen molar-refractivity contribution in [3.05, 3.63) is 0 Å². The summed E-state index contributed by atoms with van der Waals surface area (Å²) in [6, 6.07) is -0.865. The van der Waals surface area contributed by atoms with Crippen LogP contribution >= 0.6 is 0 Å². The summed E-state index contributed by atoms with van der Waals surface area (Å²) in [5.74, 6) is -1.28. The van der Waals surface area contributed by atoms with Crippen molar-refractivity contribution in [2.45, 2.75) is 45.8 Å². The van der Waals surface area contributed by atoms with Crippen LogP contribution in [-0.2, 0) is 9.59 Å². The predicted octanol–water partition coefficient (Wildman–Crippen LogP) is 0.373. The van der Waals surface area contributed by atoms with E-state index in [0.717, 1.165) is 0 Å². The number of rotatable bonds is 6. The number of aliphatic hydroxyl groups excluding tert-OH is 1. The molecule has 0 saturated carbocycles. The van der Waals surface area contributed by atoms with E-state index in [9.17, 15) is 9.59 Å². The molecule has 0 bridgehead atoms. The van der Waals surface area contributed by atoms with Crippen LogP contribution in [0.25, 0.3) is 0 Å². The first-order valence-electron chi connectivity index (χ1n) is 5.03. The molecule has 1 amide bonds. The molecule has 2 atom stereocenters. The molecule has 0 fully saturated rings. The van der Waals surface area contributed by atoms with Crippen LogP contribution in [0.15, 0.2) is 0 Å². The molecule has 0 rings (SSSR count). The zero-order chi connectivity index (χ0) is 12.0. The smallest absolute Gasteiger partial charge is 0.326 e. The molecule has 0 spiro atoms. The van der Waals surface area contributed by atoms with Crippen molar-refractivity contribution in [3.8, 4) is 0 Å². The molecule has 3 N–H and O–H groups in total. The quantitative estimate of drug-likeness (QED) is 0.600. The molecular formula is C10H19NO4. The van der Waals surface area contributed by atoms with Gasteiger partial charge in [0.05, 0.1) is 12.5 Å². The highest BCUT2D eigenvalue weighted by Crippen LogP contribution is 2.05. The standard InChI is InChI=1S/C10H19NO4/c1-6(2)4-8(10(14)15)11-9(13)5-7(3)12/h6-8,12H,4-5H2,1-3H3,(H,11,13)(H,14,15)/t7?,8-/m0/s1. The first-order valence-corrected chi connectivity index (χ1v) is 5.03. The van der Waals surface area contributed by atoms with Gasteiger partial charge in [-0.25, -0.2) is 4.79 Å². The topological polar surface area (TPSA) is 86.6 Å². The molecule has 0 radical (unpaired) electrons. The molecule has 0 heterocycles. The maximum atomic E-state index is 11.2. The third-order valence-corrected chi connectivity index (χ3v) is 1.82. The molecule has 0 aliphatic carbocycles. The Bertz CT molecular complexity index is 225. The molecule has 0 aromatic heterocycles. The third-order valence-electron chi connectivity index (χ3n) is 1.82. The fourth-order valence-corrected chi connectivity index (χ4v) is 1.21. The van der Waals surface area contributed by atoms with Crippen molar-refractivity contribution in [3.63, 3.8) is 0 Å².